The molecule has 6 heteroatoms. The van der Waals surface area contributed by atoms with Crippen LogP contribution in [0.1, 0.15) is 23.5 Å². The molecule has 0 fully saturated rings. The molecule has 1 heterocycles. The number of nitrogens with zero attached hydrogens (tertiary/aromatic N) is 2. The predicted molar refractivity (Wildman–Crippen MR) is 65.1 cm³/mol. The van der Waals surface area contributed by atoms with Crippen molar-refractivity contribution in [2.45, 2.75) is 19.9 Å². The third-order valence-electron chi connectivity index (χ3n) is 1.85. The van der Waals surface area contributed by atoms with Crippen LogP contribution in [0.15, 0.2) is 11.7 Å². The first-order valence-electron chi connectivity index (χ1n) is 4.50. The van der Waals surface area contributed by atoms with Gasteiger partial charge in [-0.15, -0.1) is 11.3 Å². The van der Waals surface area contributed by atoms with Gasteiger partial charge in [-0.25, -0.2) is 0 Å². The summed E-state index contributed by atoms with van der Waals surface area (Å²) in [6.07, 6.45) is 1.56. The highest BCUT2D eigenvalue weighted by atomic mass is 32.1. The summed E-state index contributed by atoms with van der Waals surface area (Å²) in [7, 11) is 0. The fraction of sp³-hybridized carbons (Fsp3) is 0.444. The number of aromatic nitrogens is 1. The number of thiocarbonyl (C=S) groups is 1. The summed E-state index contributed by atoms with van der Waals surface area (Å²) in [4.78, 5) is 18.4. The molecular formula is C9H13N3OS2. The summed E-state index contributed by atoms with van der Waals surface area (Å²) in [5, 5.41) is 0. The molecule has 0 bridgehead atoms. The maximum Gasteiger partial charge on any atom is 0.266 e. The Bertz CT molecular complexity index is 348. The molecule has 0 aliphatic rings. The molecule has 1 aromatic rings. The summed E-state index contributed by atoms with van der Waals surface area (Å²) < 4.78 is 0. The summed E-state index contributed by atoms with van der Waals surface area (Å²) in [6, 6.07) is 0.0705. The van der Waals surface area contributed by atoms with Crippen molar-refractivity contribution >= 4 is 34.5 Å². The van der Waals surface area contributed by atoms with E-state index < -0.39 is 0 Å². The average Bonchev–Trinajstić information content (AvgIpc) is 2.65. The van der Waals surface area contributed by atoms with E-state index in [0.29, 0.717) is 16.4 Å². The minimum Gasteiger partial charge on any atom is -0.392 e. The van der Waals surface area contributed by atoms with Crippen LogP contribution in [0.2, 0.25) is 0 Å². The molecule has 0 spiro atoms. The number of amides is 1. The Morgan fingerprint density at radius 1 is 1.73 bits per heavy atom. The summed E-state index contributed by atoms with van der Waals surface area (Å²) in [5.74, 6) is -0.0692. The molecule has 1 amide bonds. The number of carbonyl (C=O) groups is 1. The first-order chi connectivity index (χ1) is 7.02. The fourth-order valence-electron chi connectivity index (χ4n) is 1.12. The van der Waals surface area contributed by atoms with E-state index in [-0.39, 0.29) is 11.9 Å². The first-order valence-corrected chi connectivity index (χ1v) is 5.79. The molecule has 2 N–H and O–H groups in total. The highest BCUT2D eigenvalue weighted by Gasteiger charge is 2.20. The van der Waals surface area contributed by atoms with E-state index in [1.54, 1.807) is 16.6 Å². The fourth-order valence-corrected chi connectivity index (χ4v) is 1.83. The molecule has 0 aromatic carbocycles. The molecule has 1 aromatic heterocycles. The van der Waals surface area contributed by atoms with Crippen LogP contribution in [-0.4, -0.2) is 33.4 Å². The van der Waals surface area contributed by atoms with Crippen LogP contribution >= 0.6 is 23.6 Å². The smallest absolute Gasteiger partial charge is 0.266 e. The first kappa shape index (κ1) is 12.1. The maximum atomic E-state index is 12.0. The lowest BCUT2D eigenvalue weighted by Gasteiger charge is -2.25. The van der Waals surface area contributed by atoms with Crippen molar-refractivity contribution in [3.05, 3.63) is 16.6 Å². The van der Waals surface area contributed by atoms with Crippen LogP contribution in [0.25, 0.3) is 0 Å². The number of nitrogens with two attached hydrogens (primary N) is 1. The van der Waals surface area contributed by atoms with Gasteiger partial charge >= 0.3 is 0 Å². The maximum absolute atomic E-state index is 12.0. The molecule has 0 saturated carbocycles. The molecule has 0 aliphatic carbocycles. The minimum absolute atomic E-state index is 0.0692. The van der Waals surface area contributed by atoms with Crippen molar-refractivity contribution in [1.82, 2.24) is 9.88 Å². The zero-order valence-corrected chi connectivity index (χ0v) is 10.3. The van der Waals surface area contributed by atoms with E-state index in [0.717, 1.165) is 0 Å². The van der Waals surface area contributed by atoms with Crippen LogP contribution in [-0.2, 0) is 0 Å². The van der Waals surface area contributed by atoms with Crippen LogP contribution < -0.4 is 5.73 Å². The van der Waals surface area contributed by atoms with E-state index in [9.17, 15) is 4.79 Å². The Labute approximate surface area is 98.1 Å². The summed E-state index contributed by atoms with van der Waals surface area (Å²) >= 11 is 6.13. The number of hydrogen-bond donors (Lipinski definition) is 1. The molecular weight excluding hydrogens is 230 g/mol. The van der Waals surface area contributed by atoms with Gasteiger partial charge in [0.1, 0.15) is 4.88 Å². The number of rotatable bonds is 4. The number of hydrogen-bond acceptors (Lipinski definition) is 4. The molecule has 4 nitrogen and oxygen atoms in total. The van der Waals surface area contributed by atoms with Crippen LogP contribution in [0.5, 0.6) is 0 Å². The van der Waals surface area contributed by atoms with Gasteiger partial charge in [0.25, 0.3) is 5.91 Å². The second kappa shape index (κ2) is 5.18. The Morgan fingerprint density at radius 3 is 2.80 bits per heavy atom. The quantitative estimate of drug-likeness (QED) is 0.809. The van der Waals surface area contributed by atoms with Crippen molar-refractivity contribution in [3.8, 4) is 0 Å². The predicted octanol–water partition coefficient (Wildman–Crippen LogP) is 1.28. The van der Waals surface area contributed by atoms with Gasteiger partial charge in [0.15, 0.2) is 0 Å². The molecule has 82 valence electrons. The third-order valence-corrected chi connectivity index (χ3v) is 2.74. The Balaban J connectivity index is 2.81. The van der Waals surface area contributed by atoms with E-state index in [1.807, 2.05) is 13.8 Å². The van der Waals surface area contributed by atoms with Crippen molar-refractivity contribution in [3.63, 3.8) is 0 Å². The van der Waals surface area contributed by atoms with Gasteiger partial charge in [-0.2, -0.15) is 0 Å². The Kier molecular flexibility index (Phi) is 4.16. The Hall–Kier alpha value is -1.01. The molecule has 1 rings (SSSR count). The minimum atomic E-state index is -0.0692. The monoisotopic (exact) mass is 243 g/mol. The van der Waals surface area contributed by atoms with Gasteiger partial charge < -0.3 is 10.6 Å². The average molecular weight is 243 g/mol. The lowest BCUT2D eigenvalue weighted by molar-refractivity contribution is 0.0741. The molecule has 0 radical (unpaired) electrons. The lowest BCUT2D eigenvalue weighted by Crippen LogP contribution is -2.41. The van der Waals surface area contributed by atoms with Gasteiger partial charge in [0.05, 0.1) is 23.2 Å². The van der Waals surface area contributed by atoms with Gasteiger partial charge in [-0.05, 0) is 13.8 Å². The zero-order chi connectivity index (χ0) is 11.4. The van der Waals surface area contributed by atoms with E-state index in [4.69, 9.17) is 18.0 Å². The third kappa shape index (κ3) is 3.24. The van der Waals surface area contributed by atoms with Crippen LogP contribution in [0.3, 0.4) is 0 Å². The Morgan fingerprint density at radius 2 is 2.40 bits per heavy atom. The highest BCUT2D eigenvalue weighted by Crippen LogP contribution is 2.11. The second-order valence-corrected chi connectivity index (χ2v) is 4.77. The van der Waals surface area contributed by atoms with E-state index in [1.165, 1.54) is 11.3 Å². The largest absolute Gasteiger partial charge is 0.392 e. The topological polar surface area (TPSA) is 59.2 Å². The van der Waals surface area contributed by atoms with E-state index in [2.05, 4.69) is 4.98 Å². The number of carbonyl (C=O) groups excluding carboxylic acids is 1. The molecule has 0 saturated heterocycles. The van der Waals surface area contributed by atoms with Crippen molar-refractivity contribution < 1.29 is 4.79 Å². The molecule has 15 heavy (non-hydrogen) atoms. The van der Waals surface area contributed by atoms with Crippen molar-refractivity contribution in [2.75, 3.05) is 6.54 Å². The lowest BCUT2D eigenvalue weighted by atomic mass is 10.3. The summed E-state index contributed by atoms with van der Waals surface area (Å²) in [6.45, 7) is 4.16. The van der Waals surface area contributed by atoms with Gasteiger partial charge in [-0.3, -0.25) is 9.78 Å². The highest BCUT2D eigenvalue weighted by molar-refractivity contribution is 7.80. The second-order valence-electron chi connectivity index (χ2n) is 3.36. The normalized spacial score (nSPS) is 10.3. The molecule has 0 aliphatic heterocycles. The summed E-state index contributed by atoms with van der Waals surface area (Å²) in [5.41, 5.74) is 7.08. The van der Waals surface area contributed by atoms with Crippen LogP contribution in [0, 0.1) is 0 Å². The molecule has 0 unspecified atom stereocenters. The van der Waals surface area contributed by atoms with Gasteiger partial charge in [-0.1, -0.05) is 12.2 Å². The zero-order valence-electron chi connectivity index (χ0n) is 8.64. The number of thiazole rings is 1. The molecule has 0 atom stereocenters. The van der Waals surface area contributed by atoms with Crippen molar-refractivity contribution in [2.24, 2.45) is 5.73 Å². The standard InChI is InChI=1S/C9H13N3OS2/c1-6(2)12(4-8(10)14)9(13)7-3-11-5-15-7/h3,5-6H,4H2,1-2H3,(H2,10,14). The van der Waals surface area contributed by atoms with E-state index >= 15 is 0 Å². The van der Waals surface area contributed by atoms with Gasteiger partial charge in [0.2, 0.25) is 0 Å². The van der Waals surface area contributed by atoms with Gasteiger partial charge in [0, 0.05) is 6.04 Å². The van der Waals surface area contributed by atoms with Crippen LogP contribution in [0.4, 0.5) is 0 Å². The van der Waals surface area contributed by atoms with Crippen molar-refractivity contribution in [1.29, 1.82) is 0 Å². The SMILES string of the molecule is CC(C)N(CC(N)=S)C(=O)c1cncs1.